The highest BCUT2D eigenvalue weighted by Gasteiger charge is 2.75. The van der Waals surface area contributed by atoms with E-state index in [4.69, 9.17) is 6.11 Å². The Hall–Kier alpha value is -2.70. The summed E-state index contributed by atoms with van der Waals surface area (Å²) in [5.74, 6) is -3.77. The van der Waals surface area contributed by atoms with Gasteiger partial charge in [-0.25, -0.2) is 0 Å². The topological polar surface area (TPSA) is 101 Å². The van der Waals surface area contributed by atoms with Gasteiger partial charge in [0.1, 0.15) is 0 Å². The average molecular weight is 522 g/mol. The molecule has 1 N–H and O–H groups in total. The summed E-state index contributed by atoms with van der Waals surface area (Å²) < 4.78 is 14.2. The molecular formula is C31H37NO6. The summed E-state index contributed by atoms with van der Waals surface area (Å²) in [6.45, 7) is 4.01. The zero-order valence-corrected chi connectivity index (χ0v) is 22.1. The minimum absolute atomic E-state index is 0.0295. The molecule has 1 aromatic rings. The molecule has 6 saturated carbocycles. The Morgan fingerprint density at radius 2 is 1.71 bits per heavy atom. The third-order valence-corrected chi connectivity index (χ3v) is 11.9. The fourth-order valence-corrected chi connectivity index (χ4v) is 10.7. The number of carbonyl (C=O) groups is 4. The zero-order chi connectivity index (χ0) is 27.5. The molecule has 8 rings (SSSR count). The highest BCUT2D eigenvalue weighted by Crippen LogP contribution is 2.78. The van der Waals surface area contributed by atoms with Crippen LogP contribution in [0.25, 0.3) is 0 Å². The number of imide groups is 1. The van der Waals surface area contributed by atoms with Crippen molar-refractivity contribution in [2.24, 2.45) is 82.9 Å². The molecule has 7 nitrogen and oxygen atoms in total. The minimum atomic E-state index is -0.947. The van der Waals surface area contributed by atoms with Gasteiger partial charge in [-0.15, -0.1) is 0 Å². The number of aliphatic carboxylic acids is 1. The molecule has 0 spiro atoms. The van der Waals surface area contributed by atoms with Gasteiger partial charge < -0.3 is 9.84 Å². The van der Waals surface area contributed by atoms with Gasteiger partial charge in [0.05, 0.1) is 30.6 Å². The Bertz CT molecular complexity index is 1240. The van der Waals surface area contributed by atoms with E-state index in [-0.39, 0.29) is 36.0 Å². The SMILES string of the molecule is [3H]C1CC2CC1C(C1C(=O)N(c3ccccc3)C(=O)C1C)C2C(C(=O)OC)C(C(=O)O)C1C2CC3C(C2C)C31. The molecule has 7 aliphatic rings. The largest absolute Gasteiger partial charge is 0.481 e. The summed E-state index contributed by atoms with van der Waals surface area (Å²) in [5.41, 5.74) is 0.524. The minimum Gasteiger partial charge on any atom is -0.481 e. The maximum Gasteiger partial charge on any atom is 0.309 e. The van der Waals surface area contributed by atoms with Crippen LogP contribution >= 0.6 is 0 Å². The van der Waals surface area contributed by atoms with E-state index in [0.717, 1.165) is 6.42 Å². The maximum atomic E-state index is 14.0. The number of para-hydroxylation sites is 1. The van der Waals surface area contributed by atoms with Gasteiger partial charge >= 0.3 is 11.9 Å². The van der Waals surface area contributed by atoms with E-state index in [2.05, 4.69) is 6.92 Å². The molecule has 38 heavy (non-hydrogen) atoms. The van der Waals surface area contributed by atoms with Gasteiger partial charge in [0, 0.05) is 7.29 Å². The van der Waals surface area contributed by atoms with Crippen LogP contribution in [0.5, 0.6) is 0 Å². The number of methoxy groups -OCH3 is 1. The van der Waals surface area contributed by atoms with Gasteiger partial charge in [-0.05, 0) is 97.0 Å². The first-order chi connectivity index (χ1) is 18.7. The van der Waals surface area contributed by atoms with Crippen molar-refractivity contribution in [3.05, 3.63) is 30.3 Å². The number of carbonyl (C=O) groups excluding carboxylic acids is 3. The molecule has 6 aliphatic carbocycles. The number of carboxylic acids is 1. The highest BCUT2D eigenvalue weighted by molar-refractivity contribution is 6.22. The van der Waals surface area contributed by atoms with Crippen LogP contribution in [-0.4, -0.2) is 36.0 Å². The van der Waals surface area contributed by atoms with E-state index >= 15 is 0 Å². The average Bonchev–Trinajstić information content (AvgIpc) is 3.42. The van der Waals surface area contributed by atoms with E-state index < -0.39 is 47.4 Å². The van der Waals surface area contributed by atoms with Crippen LogP contribution in [0, 0.1) is 82.9 Å². The van der Waals surface area contributed by atoms with Gasteiger partial charge in [0.25, 0.3) is 0 Å². The molecule has 1 heterocycles. The molecule has 7 heteroatoms. The second-order valence-corrected chi connectivity index (χ2v) is 13.0. The maximum absolute atomic E-state index is 14.0. The van der Waals surface area contributed by atoms with Crippen molar-refractivity contribution in [1.29, 1.82) is 0 Å². The summed E-state index contributed by atoms with van der Waals surface area (Å²) >= 11 is 0. The first kappa shape index (κ1) is 23.2. The number of fused-ring (bicyclic) bond motifs is 2. The summed E-state index contributed by atoms with van der Waals surface area (Å²) in [5, 5.41) is 10.7. The summed E-state index contributed by atoms with van der Waals surface area (Å²) in [6, 6.07) is 8.90. The fourth-order valence-electron chi connectivity index (χ4n) is 10.7. The molecule has 0 radical (unpaired) electrons. The number of esters is 1. The van der Waals surface area contributed by atoms with Gasteiger partial charge in [-0.3, -0.25) is 24.1 Å². The second kappa shape index (κ2) is 8.40. The third-order valence-electron chi connectivity index (χ3n) is 11.9. The molecular weight excluding hydrogens is 482 g/mol. The van der Waals surface area contributed by atoms with Crippen LogP contribution in [-0.2, 0) is 23.9 Å². The van der Waals surface area contributed by atoms with Crippen LogP contribution in [0.15, 0.2) is 30.3 Å². The van der Waals surface area contributed by atoms with Gasteiger partial charge in [0.15, 0.2) is 0 Å². The normalized spacial score (nSPS) is 47.8. The fraction of sp³-hybridized carbons (Fsp3) is 0.677. The smallest absolute Gasteiger partial charge is 0.309 e. The monoisotopic (exact) mass is 521 g/mol. The Kier molecular flexibility index (Phi) is 5.13. The van der Waals surface area contributed by atoms with Crippen molar-refractivity contribution in [1.82, 2.24) is 0 Å². The number of anilines is 1. The lowest BCUT2D eigenvalue weighted by atomic mass is 9.60. The van der Waals surface area contributed by atoms with Crippen molar-refractivity contribution in [3.63, 3.8) is 0 Å². The van der Waals surface area contributed by atoms with Gasteiger partial charge in [-0.1, -0.05) is 32.0 Å². The number of rotatable bonds is 7. The number of ether oxygens (including phenoxy) is 1. The molecule has 2 amide bonds. The standard InChI is InChI=1S/C31H37NO6/c1-13-18-12-19-20(13)25(19)24(18)26(30(35)36)27(31(37)38-3)23-16-10-9-15(11-16)22(23)21-14(2)28(33)32(29(21)34)17-7-5-4-6-8-17/h4-8,13-16,18-27H,9-12H2,1-3H3,(H,35,36)/i9T. The summed E-state index contributed by atoms with van der Waals surface area (Å²) in [7, 11) is 1.32. The number of benzene rings is 1. The highest BCUT2D eigenvalue weighted by atomic mass is 16.5. The zero-order valence-electron chi connectivity index (χ0n) is 23.1. The predicted molar refractivity (Wildman–Crippen MR) is 137 cm³/mol. The molecule has 15 unspecified atom stereocenters. The molecule has 1 saturated heterocycles. The Labute approximate surface area is 224 Å². The molecule has 1 aliphatic heterocycles. The van der Waals surface area contributed by atoms with Crippen molar-refractivity contribution < 1.29 is 30.4 Å². The summed E-state index contributed by atoms with van der Waals surface area (Å²) in [4.78, 5) is 55.5. The van der Waals surface area contributed by atoms with Crippen LogP contribution in [0.4, 0.5) is 5.69 Å². The Morgan fingerprint density at radius 1 is 0.974 bits per heavy atom. The lowest BCUT2D eigenvalue weighted by Crippen LogP contribution is -2.48. The van der Waals surface area contributed by atoms with Gasteiger partial charge in [0.2, 0.25) is 11.8 Å². The summed E-state index contributed by atoms with van der Waals surface area (Å²) in [6.07, 6.45) is 1.95. The predicted octanol–water partition coefficient (Wildman–Crippen LogP) is 4.11. The van der Waals surface area contributed by atoms with Crippen molar-refractivity contribution in [2.75, 3.05) is 12.0 Å². The molecule has 15 atom stereocenters. The molecule has 202 valence electrons. The van der Waals surface area contributed by atoms with Crippen LogP contribution < -0.4 is 4.90 Å². The van der Waals surface area contributed by atoms with Gasteiger partial charge in [-0.2, -0.15) is 0 Å². The van der Waals surface area contributed by atoms with E-state index in [1.165, 1.54) is 12.0 Å². The first-order valence-corrected chi connectivity index (χ1v) is 14.3. The number of carboxylic acid groups (broad SMARTS) is 1. The van der Waals surface area contributed by atoms with Crippen LogP contribution in [0.1, 0.15) is 40.9 Å². The van der Waals surface area contributed by atoms with E-state index in [0.29, 0.717) is 48.1 Å². The first-order valence-electron chi connectivity index (χ1n) is 14.9. The van der Waals surface area contributed by atoms with Crippen molar-refractivity contribution in [2.45, 2.75) is 39.5 Å². The molecule has 0 aromatic heterocycles. The lowest BCUT2D eigenvalue weighted by Gasteiger charge is -2.42. The van der Waals surface area contributed by atoms with E-state index in [1.807, 2.05) is 6.07 Å². The molecule has 7 fully saturated rings. The van der Waals surface area contributed by atoms with E-state index in [1.54, 1.807) is 31.2 Å². The van der Waals surface area contributed by atoms with E-state index in [9.17, 15) is 24.3 Å². The van der Waals surface area contributed by atoms with Crippen molar-refractivity contribution >= 4 is 29.4 Å². The lowest BCUT2D eigenvalue weighted by molar-refractivity contribution is -0.165. The van der Waals surface area contributed by atoms with Crippen LogP contribution in [0.2, 0.25) is 0 Å². The van der Waals surface area contributed by atoms with Crippen molar-refractivity contribution in [3.8, 4) is 0 Å². The number of amides is 2. The Morgan fingerprint density at radius 3 is 2.29 bits per heavy atom. The quantitative estimate of drug-likeness (QED) is 0.428. The Balaban J connectivity index is 1.29. The number of hydrogen-bond donors (Lipinski definition) is 1. The number of nitrogens with zero attached hydrogens (tertiary/aromatic N) is 1. The van der Waals surface area contributed by atoms with Crippen LogP contribution in [0.3, 0.4) is 0 Å². The molecule has 6 bridgehead atoms. The number of hydrogen-bond acceptors (Lipinski definition) is 5. The second-order valence-electron chi connectivity index (χ2n) is 13.0. The third kappa shape index (κ3) is 3.07. The molecule has 1 aromatic carbocycles.